The lowest BCUT2D eigenvalue weighted by molar-refractivity contribution is 1.000. The maximum Gasteiger partial charge on any atom is 0.129 e. The number of allylic oxidation sites excluding steroid dienone is 1. The van der Waals surface area contributed by atoms with Gasteiger partial charge >= 0.3 is 0 Å². The molecule has 0 spiro atoms. The topological polar surface area (TPSA) is 0 Å². The van der Waals surface area contributed by atoms with Crippen LogP contribution in [0.2, 0.25) is 19.6 Å². The first-order chi connectivity index (χ1) is 7.53. The smallest absolute Gasteiger partial charge is 0.127 e. The Hall–Kier alpha value is -1.26. The summed E-state index contributed by atoms with van der Waals surface area (Å²) in [4.78, 5) is 0. The first-order valence-corrected chi connectivity index (χ1v) is 9.25. The number of rotatable bonds is 3. The predicted molar refractivity (Wildman–Crippen MR) is 75.2 cm³/mol. The summed E-state index contributed by atoms with van der Waals surface area (Å²) in [6.07, 6.45) is 4.02. The molecular formula is C15H20Si. The van der Waals surface area contributed by atoms with Crippen molar-refractivity contribution < 1.29 is 0 Å². The van der Waals surface area contributed by atoms with Crippen LogP contribution in [0.25, 0.3) is 0 Å². The monoisotopic (exact) mass is 228 g/mol. The summed E-state index contributed by atoms with van der Waals surface area (Å²) in [6, 6.07) is 8.42. The molecule has 0 atom stereocenters. The van der Waals surface area contributed by atoms with Crippen molar-refractivity contribution in [1.29, 1.82) is 0 Å². The molecule has 1 aromatic rings. The zero-order valence-corrected chi connectivity index (χ0v) is 11.5. The van der Waals surface area contributed by atoms with Crippen LogP contribution in [0.5, 0.6) is 0 Å². The standard InChI is InChI=1S/C15H20Si/c1-5-6-9-14-10-7-8-11-15(14)12-13-16(2,3)4/h5,7-8,10-11H,1,6,9H2,2-4H3. The lowest BCUT2D eigenvalue weighted by Crippen LogP contribution is -2.16. The maximum absolute atomic E-state index is 3.76. The summed E-state index contributed by atoms with van der Waals surface area (Å²) in [5, 5.41) is 0. The first-order valence-electron chi connectivity index (χ1n) is 5.75. The molecule has 0 heterocycles. The van der Waals surface area contributed by atoms with Crippen LogP contribution in [0.15, 0.2) is 36.9 Å². The number of hydrogen-bond acceptors (Lipinski definition) is 0. The summed E-state index contributed by atoms with van der Waals surface area (Å²) in [5.74, 6) is 3.34. The van der Waals surface area contributed by atoms with Gasteiger partial charge in [0.05, 0.1) is 0 Å². The van der Waals surface area contributed by atoms with E-state index in [1.165, 1.54) is 11.1 Å². The summed E-state index contributed by atoms with van der Waals surface area (Å²) in [7, 11) is -1.28. The molecule has 1 rings (SSSR count). The Bertz CT molecular complexity index is 413. The second kappa shape index (κ2) is 5.72. The van der Waals surface area contributed by atoms with Gasteiger partial charge in [0.2, 0.25) is 0 Å². The van der Waals surface area contributed by atoms with Crippen molar-refractivity contribution in [3.05, 3.63) is 48.0 Å². The second-order valence-corrected chi connectivity index (χ2v) is 9.73. The van der Waals surface area contributed by atoms with E-state index >= 15 is 0 Å². The summed E-state index contributed by atoms with van der Waals surface area (Å²) < 4.78 is 0. The molecule has 16 heavy (non-hydrogen) atoms. The molecule has 1 aromatic carbocycles. The maximum atomic E-state index is 3.76. The summed E-state index contributed by atoms with van der Waals surface area (Å²) >= 11 is 0. The van der Waals surface area contributed by atoms with Crippen molar-refractivity contribution >= 4 is 8.07 Å². The van der Waals surface area contributed by atoms with E-state index in [4.69, 9.17) is 0 Å². The van der Waals surface area contributed by atoms with E-state index in [9.17, 15) is 0 Å². The zero-order valence-electron chi connectivity index (χ0n) is 10.5. The molecule has 0 radical (unpaired) electrons. The molecule has 0 unspecified atom stereocenters. The van der Waals surface area contributed by atoms with E-state index in [0.29, 0.717) is 0 Å². The molecule has 0 nitrogen and oxygen atoms in total. The van der Waals surface area contributed by atoms with Crippen LogP contribution in [0, 0.1) is 11.5 Å². The van der Waals surface area contributed by atoms with Crippen molar-refractivity contribution in [3.8, 4) is 11.5 Å². The highest BCUT2D eigenvalue weighted by Gasteiger charge is 2.07. The zero-order chi connectivity index (χ0) is 12.0. The Kier molecular flexibility index (Phi) is 4.58. The minimum Gasteiger partial charge on any atom is -0.127 e. The first kappa shape index (κ1) is 12.8. The average Bonchev–Trinajstić information content (AvgIpc) is 2.23. The minimum absolute atomic E-state index is 1.02. The largest absolute Gasteiger partial charge is 0.129 e. The highest BCUT2D eigenvalue weighted by Crippen LogP contribution is 2.10. The fraction of sp³-hybridized carbons (Fsp3) is 0.333. The lowest BCUT2D eigenvalue weighted by Gasteiger charge is -2.05. The summed E-state index contributed by atoms with van der Waals surface area (Å²) in [5.41, 5.74) is 5.95. The Morgan fingerprint density at radius 3 is 2.56 bits per heavy atom. The Balaban J connectivity index is 2.93. The molecule has 0 fully saturated rings. The van der Waals surface area contributed by atoms with Gasteiger partial charge in [0.25, 0.3) is 0 Å². The third-order valence-electron chi connectivity index (χ3n) is 2.21. The predicted octanol–water partition coefficient (Wildman–Crippen LogP) is 4.03. The Morgan fingerprint density at radius 2 is 1.94 bits per heavy atom. The van der Waals surface area contributed by atoms with Crippen LogP contribution in [0.4, 0.5) is 0 Å². The van der Waals surface area contributed by atoms with Crippen LogP contribution < -0.4 is 0 Å². The van der Waals surface area contributed by atoms with Gasteiger partial charge in [0, 0.05) is 5.56 Å². The Morgan fingerprint density at radius 1 is 1.25 bits per heavy atom. The van der Waals surface area contributed by atoms with Gasteiger partial charge in [-0.25, -0.2) is 0 Å². The molecule has 0 aromatic heterocycles. The van der Waals surface area contributed by atoms with Crippen LogP contribution in [0.1, 0.15) is 17.5 Å². The van der Waals surface area contributed by atoms with E-state index in [-0.39, 0.29) is 0 Å². The van der Waals surface area contributed by atoms with Gasteiger partial charge in [0.1, 0.15) is 8.07 Å². The normalized spacial score (nSPS) is 10.4. The molecular weight excluding hydrogens is 208 g/mol. The van der Waals surface area contributed by atoms with Gasteiger partial charge in [-0.2, -0.15) is 0 Å². The molecule has 0 amide bonds. The molecule has 0 N–H and O–H groups in total. The molecule has 0 bridgehead atoms. The van der Waals surface area contributed by atoms with Crippen LogP contribution in [0.3, 0.4) is 0 Å². The lowest BCUT2D eigenvalue weighted by atomic mass is 10.0. The van der Waals surface area contributed by atoms with E-state index < -0.39 is 8.07 Å². The molecule has 0 aliphatic carbocycles. The molecule has 84 valence electrons. The van der Waals surface area contributed by atoms with Crippen molar-refractivity contribution in [2.45, 2.75) is 32.5 Å². The molecule has 0 saturated carbocycles. The van der Waals surface area contributed by atoms with Crippen LogP contribution in [-0.2, 0) is 6.42 Å². The molecule has 0 aliphatic heterocycles. The third-order valence-corrected chi connectivity index (χ3v) is 3.08. The van der Waals surface area contributed by atoms with Gasteiger partial charge in [0.15, 0.2) is 0 Å². The fourth-order valence-corrected chi connectivity index (χ4v) is 1.88. The van der Waals surface area contributed by atoms with Gasteiger partial charge in [-0.05, 0) is 24.5 Å². The highest BCUT2D eigenvalue weighted by atomic mass is 28.3. The third kappa shape index (κ3) is 4.50. The molecule has 1 heteroatoms. The summed E-state index contributed by atoms with van der Waals surface area (Å²) in [6.45, 7) is 10.6. The molecule has 0 saturated heterocycles. The number of aryl methyl sites for hydroxylation is 1. The van der Waals surface area contributed by atoms with Crippen molar-refractivity contribution in [2.24, 2.45) is 0 Å². The molecule has 0 aliphatic rings. The van der Waals surface area contributed by atoms with E-state index in [1.54, 1.807) is 0 Å². The highest BCUT2D eigenvalue weighted by molar-refractivity contribution is 6.83. The number of hydrogen-bond donors (Lipinski definition) is 0. The van der Waals surface area contributed by atoms with E-state index in [0.717, 1.165) is 12.8 Å². The van der Waals surface area contributed by atoms with E-state index in [1.807, 2.05) is 6.08 Å². The van der Waals surface area contributed by atoms with Gasteiger partial charge in [-0.3, -0.25) is 0 Å². The van der Waals surface area contributed by atoms with Gasteiger partial charge in [-0.1, -0.05) is 49.8 Å². The van der Waals surface area contributed by atoms with Gasteiger partial charge < -0.3 is 0 Å². The van der Waals surface area contributed by atoms with Crippen molar-refractivity contribution in [1.82, 2.24) is 0 Å². The van der Waals surface area contributed by atoms with Crippen molar-refractivity contribution in [3.63, 3.8) is 0 Å². The van der Waals surface area contributed by atoms with Crippen LogP contribution >= 0.6 is 0 Å². The average molecular weight is 228 g/mol. The Labute approximate surface area is 100 Å². The second-order valence-electron chi connectivity index (χ2n) is 4.98. The fourth-order valence-electron chi connectivity index (χ4n) is 1.37. The minimum atomic E-state index is -1.28. The van der Waals surface area contributed by atoms with E-state index in [2.05, 4.69) is 61.9 Å². The quantitative estimate of drug-likeness (QED) is 0.416. The number of benzene rings is 1. The van der Waals surface area contributed by atoms with Gasteiger partial charge in [-0.15, -0.1) is 12.1 Å². The van der Waals surface area contributed by atoms with Crippen molar-refractivity contribution in [2.75, 3.05) is 0 Å². The van der Waals surface area contributed by atoms with Crippen LogP contribution in [-0.4, -0.2) is 8.07 Å². The SMILES string of the molecule is C=CCCc1ccccc1C#C[Si](C)(C)C.